The number of rotatable bonds is 10. The SMILES string of the molecule is CCN(CC)CCN1C(=O)[C@H](OC(C)=O)[C@H](c2ccc(OC)cc2)Sc2cc(Oc3ccccc3)ccc21. The largest absolute Gasteiger partial charge is 0.497 e. The number of ether oxygens (including phenoxy) is 3. The number of thioether (sulfide) groups is 1. The summed E-state index contributed by atoms with van der Waals surface area (Å²) in [6, 6.07) is 22.9. The number of benzene rings is 3. The van der Waals surface area contributed by atoms with Crippen molar-refractivity contribution in [2.45, 2.75) is 37.0 Å². The summed E-state index contributed by atoms with van der Waals surface area (Å²) >= 11 is 1.50. The molecule has 2 atom stereocenters. The van der Waals surface area contributed by atoms with Gasteiger partial charge in [-0.05, 0) is 61.1 Å². The van der Waals surface area contributed by atoms with E-state index in [2.05, 4.69) is 18.7 Å². The fourth-order valence-corrected chi connectivity index (χ4v) is 5.79. The van der Waals surface area contributed by atoms with Gasteiger partial charge < -0.3 is 24.0 Å². The smallest absolute Gasteiger partial charge is 0.303 e. The minimum Gasteiger partial charge on any atom is -0.497 e. The van der Waals surface area contributed by atoms with E-state index in [9.17, 15) is 9.59 Å². The van der Waals surface area contributed by atoms with E-state index < -0.39 is 17.3 Å². The highest BCUT2D eigenvalue weighted by atomic mass is 32.2. The number of likely N-dealkylation sites (N-methyl/N-ethyl adjacent to an activating group) is 1. The topological polar surface area (TPSA) is 68.3 Å². The number of hydrogen-bond acceptors (Lipinski definition) is 7. The molecular weight excluding hydrogens is 500 g/mol. The highest BCUT2D eigenvalue weighted by molar-refractivity contribution is 7.99. The lowest BCUT2D eigenvalue weighted by atomic mass is 10.1. The maximum absolute atomic E-state index is 14.1. The summed E-state index contributed by atoms with van der Waals surface area (Å²) in [4.78, 5) is 31.2. The molecule has 1 amide bonds. The summed E-state index contributed by atoms with van der Waals surface area (Å²) in [7, 11) is 1.61. The minimum atomic E-state index is -0.992. The molecule has 0 bridgehead atoms. The molecule has 0 fully saturated rings. The van der Waals surface area contributed by atoms with Gasteiger partial charge in [0.25, 0.3) is 5.91 Å². The van der Waals surface area contributed by atoms with Crippen LogP contribution >= 0.6 is 11.8 Å². The molecule has 0 unspecified atom stereocenters. The third kappa shape index (κ3) is 6.49. The van der Waals surface area contributed by atoms with E-state index in [1.807, 2.05) is 72.8 Å². The summed E-state index contributed by atoms with van der Waals surface area (Å²) in [5.41, 5.74) is 1.64. The average molecular weight is 535 g/mol. The van der Waals surface area contributed by atoms with Crippen LogP contribution in [0.3, 0.4) is 0 Å². The quantitative estimate of drug-likeness (QED) is 0.298. The van der Waals surface area contributed by atoms with Crippen molar-refractivity contribution in [1.82, 2.24) is 4.90 Å². The van der Waals surface area contributed by atoms with Gasteiger partial charge in [0, 0.05) is 24.9 Å². The van der Waals surface area contributed by atoms with E-state index in [0.717, 1.165) is 35.0 Å². The monoisotopic (exact) mass is 534 g/mol. The molecule has 0 N–H and O–H groups in total. The van der Waals surface area contributed by atoms with Crippen molar-refractivity contribution >= 4 is 29.3 Å². The van der Waals surface area contributed by atoms with Crippen molar-refractivity contribution < 1.29 is 23.8 Å². The van der Waals surface area contributed by atoms with Crippen LogP contribution in [0.1, 0.15) is 31.6 Å². The van der Waals surface area contributed by atoms with Crippen LogP contribution in [0.15, 0.2) is 77.7 Å². The van der Waals surface area contributed by atoms with Crippen LogP contribution in [-0.2, 0) is 14.3 Å². The molecule has 0 aromatic heterocycles. The first kappa shape index (κ1) is 27.5. The molecule has 0 radical (unpaired) electrons. The van der Waals surface area contributed by atoms with Crippen molar-refractivity contribution in [3.63, 3.8) is 0 Å². The summed E-state index contributed by atoms with van der Waals surface area (Å²) in [6.07, 6.45) is -0.992. The number of anilines is 1. The fraction of sp³-hybridized carbons (Fsp3) is 0.333. The van der Waals surface area contributed by atoms with E-state index >= 15 is 0 Å². The number of fused-ring (bicyclic) bond motifs is 1. The second kappa shape index (κ2) is 12.8. The van der Waals surface area contributed by atoms with Crippen molar-refractivity contribution in [3.8, 4) is 17.2 Å². The van der Waals surface area contributed by atoms with Gasteiger partial charge in [0.1, 0.15) is 17.2 Å². The number of amides is 1. The Morgan fingerprint density at radius 1 is 0.947 bits per heavy atom. The molecule has 1 aliphatic heterocycles. The number of methoxy groups -OCH3 is 1. The van der Waals surface area contributed by atoms with Gasteiger partial charge in [-0.2, -0.15) is 0 Å². The van der Waals surface area contributed by atoms with Gasteiger partial charge in [0.2, 0.25) is 0 Å². The Morgan fingerprint density at radius 3 is 2.26 bits per heavy atom. The van der Waals surface area contributed by atoms with Gasteiger partial charge in [0.15, 0.2) is 6.10 Å². The molecule has 1 aliphatic rings. The van der Waals surface area contributed by atoms with Gasteiger partial charge in [-0.3, -0.25) is 9.59 Å². The Labute approximate surface area is 228 Å². The van der Waals surface area contributed by atoms with E-state index in [0.29, 0.717) is 24.6 Å². The Bertz CT molecular complexity index is 1230. The van der Waals surface area contributed by atoms with Crippen LogP contribution < -0.4 is 14.4 Å². The van der Waals surface area contributed by atoms with Gasteiger partial charge >= 0.3 is 5.97 Å². The Morgan fingerprint density at radius 2 is 1.63 bits per heavy atom. The van der Waals surface area contributed by atoms with E-state index in [4.69, 9.17) is 14.2 Å². The molecule has 0 saturated heterocycles. The highest BCUT2D eigenvalue weighted by Crippen LogP contribution is 2.48. The number of carbonyl (C=O) groups excluding carboxylic acids is 2. The lowest BCUT2D eigenvalue weighted by molar-refractivity contribution is -0.152. The van der Waals surface area contributed by atoms with E-state index in [-0.39, 0.29) is 5.91 Å². The maximum Gasteiger partial charge on any atom is 0.303 e. The second-order valence-corrected chi connectivity index (χ2v) is 10.1. The molecule has 3 aromatic carbocycles. The molecule has 3 aromatic rings. The first-order valence-electron chi connectivity index (χ1n) is 12.8. The van der Waals surface area contributed by atoms with Crippen LogP contribution in [0, 0.1) is 0 Å². The van der Waals surface area contributed by atoms with E-state index in [1.54, 1.807) is 12.0 Å². The molecule has 7 nitrogen and oxygen atoms in total. The summed E-state index contributed by atoms with van der Waals surface area (Å²) < 4.78 is 17.2. The summed E-state index contributed by atoms with van der Waals surface area (Å²) in [5.74, 6) is 1.37. The van der Waals surface area contributed by atoms with Crippen molar-refractivity contribution in [2.75, 3.05) is 38.2 Å². The lowest BCUT2D eigenvalue weighted by Gasteiger charge is -2.29. The average Bonchev–Trinajstić information content (AvgIpc) is 3.04. The third-order valence-electron chi connectivity index (χ3n) is 6.51. The summed E-state index contributed by atoms with van der Waals surface area (Å²) in [5, 5.41) is -0.457. The molecule has 0 saturated carbocycles. The molecule has 4 rings (SSSR count). The van der Waals surface area contributed by atoms with Crippen molar-refractivity contribution in [2.24, 2.45) is 0 Å². The minimum absolute atomic E-state index is 0.240. The van der Waals surface area contributed by atoms with Crippen LogP contribution in [0.25, 0.3) is 0 Å². The molecule has 0 spiro atoms. The van der Waals surface area contributed by atoms with E-state index in [1.165, 1.54) is 18.7 Å². The first-order chi connectivity index (χ1) is 18.4. The van der Waals surface area contributed by atoms with Crippen LogP contribution in [-0.4, -0.2) is 56.2 Å². The van der Waals surface area contributed by atoms with Gasteiger partial charge in [-0.15, -0.1) is 11.8 Å². The highest BCUT2D eigenvalue weighted by Gasteiger charge is 2.41. The van der Waals surface area contributed by atoms with Gasteiger partial charge in [-0.25, -0.2) is 0 Å². The summed E-state index contributed by atoms with van der Waals surface area (Å²) in [6.45, 7) is 8.48. The Kier molecular flexibility index (Phi) is 9.31. The zero-order valence-electron chi connectivity index (χ0n) is 22.3. The number of esters is 1. The van der Waals surface area contributed by atoms with Crippen molar-refractivity contribution in [1.29, 1.82) is 0 Å². The molecular formula is C30H34N2O5S. The second-order valence-electron chi connectivity index (χ2n) is 8.90. The maximum atomic E-state index is 14.1. The van der Waals surface area contributed by atoms with Crippen molar-refractivity contribution in [3.05, 3.63) is 78.4 Å². The number of hydrogen-bond donors (Lipinski definition) is 0. The lowest BCUT2D eigenvalue weighted by Crippen LogP contribution is -2.45. The molecule has 1 heterocycles. The predicted molar refractivity (Wildman–Crippen MR) is 150 cm³/mol. The molecule has 0 aliphatic carbocycles. The zero-order chi connectivity index (χ0) is 27.1. The van der Waals surface area contributed by atoms with Crippen LogP contribution in [0.2, 0.25) is 0 Å². The molecule has 200 valence electrons. The number of carbonyl (C=O) groups is 2. The normalized spacial score (nSPS) is 17.1. The first-order valence-corrected chi connectivity index (χ1v) is 13.7. The number of para-hydroxylation sites is 1. The fourth-order valence-electron chi connectivity index (χ4n) is 4.44. The van der Waals surface area contributed by atoms with Crippen LogP contribution in [0.5, 0.6) is 17.2 Å². The van der Waals surface area contributed by atoms with Gasteiger partial charge in [-0.1, -0.05) is 44.2 Å². The zero-order valence-corrected chi connectivity index (χ0v) is 23.1. The van der Waals surface area contributed by atoms with Gasteiger partial charge in [0.05, 0.1) is 18.0 Å². The molecule has 38 heavy (non-hydrogen) atoms. The number of nitrogens with zero attached hydrogens (tertiary/aromatic N) is 2. The third-order valence-corrected chi connectivity index (χ3v) is 7.87. The standard InChI is InChI=1S/C30H34N2O5S/c1-5-31(6-2)18-19-32-26-17-16-25(37-24-10-8-7-9-11-24)20-27(26)38-29(28(30(32)34)36-21(3)33)22-12-14-23(35-4)15-13-22/h7-17,20,28-29H,5-6,18-19H2,1-4H3/t28-,29+/m1/s1. The molecule has 8 heteroatoms. The van der Waals surface area contributed by atoms with Crippen LogP contribution in [0.4, 0.5) is 5.69 Å². The Balaban J connectivity index is 1.77. The predicted octanol–water partition coefficient (Wildman–Crippen LogP) is 5.94. The Hall–Kier alpha value is -3.49.